The molecule has 0 saturated carbocycles. The van der Waals surface area contributed by atoms with E-state index in [4.69, 9.17) is 6.42 Å². The van der Waals surface area contributed by atoms with Crippen LogP contribution in [0, 0.1) is 12.3 Å². The fraction of sp³-hybridized carbons (Fsp3) is 0.136. The van der Waals surface area contributed by atoms with Crippen molar-refractivity contribution in [1.82, 2.24) is 0 Å². The molecule has 0 aliphatic carbocycles. The number of rotatable bonds is 2. The highest BCUT2D eigenvalue weighted by atomic mass is 79.9. The monoisotopic (exact) mass is 389 g/mol. The van der Waals surface area contributed by atoms with Crippen molar-refractivity contribution in [3.05, 3.63) is 76.3 Å². The van der Waals surface area contributed by atoms with Gasteiger partial charge in [-0.1, -0.05) is 70.4 Å². The van der Waals surface area contributed by atoms with Gasteiger partial charge in [0.15, 0.2) is 0 Å². The number of fused-ring (bicyclic) bond motifs is 3. The van der Waals surface area contributed by atoms with E-state index in [-0.39, 0.29) is 11.8 Å². The quantitative estimate of drug-likeness (QED) is 0.558. The van der Waals surface area contributed by atoms with E-state index >= 15 is 0 Å². The largest absolute Gasteiger partial charge is 0.300 e. The van der Waals surface area contributed by atoms with Crippen molar-refractivity contribution in [3.8, 4) is 12.3 Å². The molecule has 1 amide bonds. The lowest BCUT2D eigenvalue weighted by Crippen LogP contribution is -2.37. The SMILES string of the molecule is C#CCN1C(=O)CC(c2ccccc2Br)c2c1ccc1ccccc21. The van der Waals surface area contributed by atoms with E-state index in [0.717, 1.165) is 15.7 Å². The van der Waals surface area contributed by atoms with E-state index in [1.54, 1.807) is 4.90 Å². The fourth-order valence-corrected chi connectivity index (χ4v) is 4.26. The molecule has 1 heterocycles. The van der Waals surface area contributed by atoms with Gasteiger partial charge in [0.1, 0.15) is 0 Å². The molecule has 1 aliphatic heterocycles. The minimum atomic E-state index is 0.0122. The lowest BCUT2D eigenvalue weighted by Gasteiger charge is -2.34. The maximum atomic E-state index is 12.8. The number of carbonyl (C=O) groups excluding carboxylic acids is 1. The molecular weight excluding hydrogens is 374 g/mol. The zero-order valence-corrected chi connectivity index (χ0v) is 15.2. The molecule has 4 rings (SSSR count). The first-order chi connectivity index (χ1) is 12.2. The molecule has 2 nitrogen and oxygen atoms in total. The Bertz CT molecular complexity index is 1020. The van der Waals surface area contributed by atoms with E-state index < -0.39 is 0 Å². The second kappa shape index (κ2) is 6.38. The van der Waals surface area contributed by atoms with Gasteiger partial charge in [0.05, 0.1) is 6.54 Å². The number of carbonyl (C=O) groups is 1. The molecule has 0 N–H and O–H groups in total. The Morgan fingerprint density at radius 3 is 2.64 bits per heavy atom. The molecule has 0 radical (unpaired) electrons. The Balaban J connectivity index is 2.02. The number of benzene rings is 3. The first-order valence-electron chi connectivity index (χ1n) is 8.20. The van der Waals surface area contributed by atoms with Gasteiger partial charge in [-0.25, -0.2) is 0 Å². The second-order valence-electron chi connectivity index (χ2n) is 6.18. The van der Waals surface area contributed by atoms with Gasteiger partial charge >= 0.3 is 0 Å². The van der Waals surface area contributed by atoms with Crippen LogP contribution in [0.2, 0.25) is 0 Å². The van der Waals surface area contributed by atoms with Crippen molar-refractivity contribution in [1.29, 1.82) is 0 Å². The summed E-state index contributed by atoms with van der Waals surface area (Å²) in [4.78, 5) is 14.5. The van der Waals surface area contributed by atoms with Crippen LogP contribution in [-0.2, 0) is 4.79 Å². The van der Waals surface area contributed by atoms with Crippen molar-refractivity contribution < 1.29 is 4.79 Å². The number of amides is 1. The summed E-state index contributed by atoms with van der Waals surface area (Å²) in [5, 5.41) is 2.35. The molecule has 1 unspecified atom stereocenters. The molecular formula is C22H16BrNO. The third kappa shape index (κ3) is 2.63. The highest BCUT2D eigenvalue weighted by molar-refractivity contribution is 9.10. The average Bonchev–Trinajstić information content (AvgIpc) is 2.64. The Labute approximate surface area is 155 Å². The summed E-state index contributed by atoms with van der Waals surface area (Å²) in [5.74, 6) is 2.70. The summed E-state index contributed by atoms with van der Waals surface area (Å²) in [6, 6.07) is 20.5. The Hall–Kier alpha value is -2.57. The molecule has 1 atom stereocenters. The maximum Gasteiger partial charge on any atom is 0.228 e. The van der Waals surface area contributed by atoms with Crippen LogP contribution in [0.1, 0.15) is 23.5 Å². The number of nitrogens with zero attached hydrogens (tertiary/aromatic N) is 1. The molecule has 1 aliphatic rings. The summed E-state index contributed by atoms with van der Waals surface area (Å²) in [7, 11) is 0. The Morgan fingerprint density at radius 1 is 1.08 bits per heavy atom. The zero-order valence-electron chi connectivity index (χ0n) is 13.6. The van der Waals surface area contributed by atoms with E-state index in [1.165, 1.54) is 16.3 Å². The molecule has 3 heteroatoms. The molecule has 0 spiro atoms. The average molecular weight is 390 g/mol. The predicted molar refractivity (Wildman–Crippen MR) is 106 cm³/mol. The van der Waals surface area contributed by atoms with Gasteiger partial charge in [-0.3, -0.25) is 4.79 Å². The fourth-order valence-electron chi connectivity index (χ4n) is 3.69. The molecule has 3 aromatic carbocycles. The second-order valence-corrected chi connectivity index (χ2v) is 7.04. The van der Waals surface area contributed by atoms with Crippen LogP contribution < -0.4 is 4.90 Å². The van der Waals surface area contributed by atoms with Crippen LogP contribution in [0.5, 0.6) is 0 Å². The Kier molecular flexibility index (Phi) is 4.07. The van der Waals surface area contributed by atoms with Gasteiger partial charge in [-0.2, -0.15) is 0 Å². The highest BCUT2D eigenvalue weighted by Crippen LogP contribution is 2.45. The van der Waals surface area contributed by atoms with Crippen LogP contribution >= 0.6 is 15.9 Å². The number of anilines is 1. The third-order valence-corrected chi connectivity index (χ3v) is 5.52. The smallest absolute Gasteiger partial charge is 0.228 e. The van der Waals surface area contributed by atoms with E-state index in [9.17, 15) is 4.79 Å². The van der Waals surface area contributed by atoms with Gasteiger partial charge in [0, 0.05) is 22.5 Å². The lowest BCUT2D eigenvalue weighted by atomic mass is 9.81. The van der Waals surface area contributed by atoms with Gasteiger partial charge in [0.2, 0.25) is 5.91 Å². The number of hydrogen-bond acceptors (Lipinski definition) is 1. The first-order valence-corrected chi connectivity index (χ1v) is 9.00. The molecule has 0 aromatic heterocycles. The van der Waals surface area contributed by atoms with Crippen molar-refractivity contribution in [2.75, 3.05) is 11.4 Å². The molecule has 122 valence electrons. The van der Waals surface area contributed by atoms with Gasteiger partial charge in [-0.15, -0.1) is 6.42 Å². The maximum absolute atomic E-state index is 12.8. The summed E-state index contributed by atoms with van der Waals surface area (Å²) in [6.07, 6.45) is 5.93. The van der Waals surface area contributed by atoms with Crippen molar-refractivity contribution in [3.63, 3.8) is 0 Å². The van der Waals surface area contributed by atoms with Crippen LogP contribution in [0.15, 0.2) is 65.1 Å². The summed E-state index contributed by atoms with van der Waals surface area (Å²) in [6.45, 7) is 0.298. The molecule has 0 saturated heterocycles. The van der Waals surface area contributed by atoms with Crippen LogP contribution in [0.3, 0.4) is 0 Å². The normalized spacial score (nSPS) is 16.6. The van der Waals surface area contributed by atoms with E-state index in [0.29, 0.717) is 13.0 Å². The Morgan fingerprint density at radius 2 is 1.84 bits per heavy atom. The summed E-state index contributed by atoms with van der Waals surface area (Å²) >= 11 is 3.66. The minimum Gasteiger partial charge on any atom is -0.300 e. The molecule has 3 aromatic rings. The van der Waals surface area contributed by atoms with Gasteiger partial charge < -0.3 is 4.90 Å². The van der Waals surface area contributed by atoms with Crippen LogP contribution in [-0.4, -0.2) is 12.5 Å². The standard InChI is InChI=1S/C22H16BrNO/c1-2-13-24-20-12-11-15-7-3-4-8-16(15)22(20)18(14-21(24)25)17-9-5-6-10-19(17)23/h1,3-12,18H,13-14H2. The topological polar surface area (TPSA) is 20.3 Å². The first kappa shape index (κ1) is 15.9. The molecule has 0 bridgehead atoms. The number of halogens is 1. The lowest BCUT2D eigenvalue weighted by molar-refractivity contribution is -0.119. The minimum absolute atomic E-state index is 0.0122. The molecule has 25 heavy (non-hydrogen) atoms. The third-order valence-electron chi connectivity index (χ3n) is 4.80. The van der Waals surface area contributed by atoms with Crippen molar-refractivity contribution >= 4 is 38.3 Å². The molecule has 0 fully saturated rings. The number of terminal acetylenes is 1. The summed E-state index contributed by atoms with van der Waals surface area (Å²) in [5.41, 5.74) is 3.24. The van der Waals surface area contributed by atoms with E-state index in [1.807, 2.05) is 36.4 Å². The zero-order chi connectivity index (χ0) is 17.4. The van der Waals surface area contributed by atoms with Gasteiger partial charge in [0.25, 0.3) is 0 Å². The van der Waals surface area contributed by atoms with Crippen LogP contribution in [0.4, 0.5) is 5.69 Å². The van der Waals surface area contributed by atoms with Gasteiger partial charge in [-0.05, 0) is 34.0 Å². The predicted octanol–water partition coefficient (Wildman–Crippen LogP) is 5.10. The summed E-state index contributed by atoms with van der Waals surface area (Å²) < 4.78 is 1.03. The van der Waals surface area contributed by atoms with Crippen molar-refractivity contribution in [2.45, 2.75) is 12.3 Å². The number of hydrogen-bond donors (Lipinski definition) is 0. The van der Waals surface area contributed by atoms with Crippen LogP contribution in [0.25, 0.3) is 10.8 Å². The highest BCUT2D eigenvalue weighted by Gasteiger charge is 2.33. The van der Waals surface area contributed by atoms with E-state index in [2.05, 4.69) is 46.1 Å². The van der Waals surface area contributed by atoms with Crippen molar-refractivity contribution in [2.24, 2.45) is 0 Å².